The molecule has 0 saturated heterocycles. The van der Waals surface area contributed by atoms with Gasteiger partial charge in [0.2, 0.25) is 21.8 Å². The summed E-state index contributed by atoms with van der Waals surface area (Å²) in [7, 11) is -3.79. The first-order valence-corrected chi connectivity index (χ1v) is 13.7. The van der Waals surface area contributed by atoms with Gasteiger partial charge in [-0.2, -0.15) is 0 Å². The van der Waals surface area contributed by atoms with Crippen LogP contribution in [0.15, 0.2) is 42.5 Å². The number of hydrogen-bond acceptors (Lipinski definition) is 4. The number of carbonyl (C=O) groups is 2. The molecule has 2 aromatic rings. The van der Waals surface area contributed by atoms with Crippen LogP contribution >= 0.6 is 23.2 Å². The molecule has 2 aromatic carbocycles. The summed E-state index contributed by atoms with van der Waals surface area (Å²) in [5.41, 5.74) is 0.523. The predicted octanol–water partition coefficient (Wildman–Crippen LogP) is 4.62. The van der Waals surface area contributed by atoms with Crippen molar-refractivity contribution in [2.24, 2.45) is 0 Å². The van der Waals surface area contributed by atoms with E-state index >= 15 is 0 Å². The molecule has 0 aliphatic rings. The van der Waals surface area contributed by atoms with Crippen molar-refractivity contribution in [1.82, 2.24) is 10.2 Å². The SMILES string of the molecule is CC(C)NC(=O)[C@H](C)N(Cc1ccc(Cl)cc1Cl)C(=O)CCCN(c1ccccc1F)S(C)(=O)=O. The van der Waals surface area contributed by atoms with Crippen molar-refractivity contribution in [1.29, 1.82) is 0 Å². The Kier molecular flexibility index (Phi) is 10.4. The number of rotatable bonds is 11. The Balaban J connectivity index is 2.22. The molecule has 2 amide bonds. The first kappa shape index (κ1) is 28.9. The summed E-state index contributed by atoms with van der Waals surface area (Å²) >= 11 is 12.3. The Morgan fingerprint density at radius 3 is 2.31 bits per heavy atom. The molecular weight excluding hydrogens is 516 g/mol. The standard InChI is InChI=1S/C24H30Cl2FN3O4S/c1-16(2)28-24(32)17(3)29(15-18-11-12-19(25)14-20(18)26)23(31)10-7-13-30(35(4,33)34)22-9-6-5-8-21(22)27/h5-6,8-9,11-12,14,16-17H,7,10,13,15H2,1-4H3,(H,28,32)/t17-/m0/s1. The number of anilines is 1. The minimum atomic E-state index is -3.79. The summed E-state index contributed by atoms with van der Waals surface area (Å²) in [6, 6.07) is 9.49. The Bertz CT molecular complexity index is 1160. The lowest BCUT2D eigenvalue weighted by atomic mass is 10.1. The summed E-state index contributed by atoms with van der Waals surface area (Å²) in [5, 5.41) is 3.59. The van der Waals surface area contributed by atoms with Gasteiger partial charge in [-0.15, -0.1) is 0 Å². The van der Waals surface area contributed by atoms with Crippen LogP contribution in [0.3, 0.4) is 0 Å². The van der Waals surface area contributed by atoms with E-state index in [9.17, 15) is 22.4 Å². The Labute approximate surface area is 216 Å². The third-order valence-corrected chi connectivity index (χ3v) is 6.99. The monoisotopic (exact) mass is 545 g/mol. The zero-order valence-corrected chi connectivity index (χ0v) is 22.4. The molecule has 0 radical (unpaired) electrons. The van der Waals surface area contributed by atoms with Crippen molar-refractivity contribution in [2.45, 2.75) is 52.2 Å². The predicted molar refractivity (Wildman–Crippen MR) is 138 cm³/mol. The van der Waals surface area contributed by atoms with Gasteiger partial charge in [-0.05, 0) is 57.0 Å². The van der Waals surface area contributed by atoms with Gasteiger partial charge in [0.05, 0.1) is 11.9 Å². The van der Waals surface area contributed by atoms with E-state index in [2.05, 4.69) is 5.32 Å². The lowest BCUT2D eigenvalue weighted by Gasteiger charge is -2.30. The molecule has 11 heteroatoms. The molecule has 0 aliphatic heterocycles. The van der Waals surface area contributed by atoms with Crippen LogP contribution < -0.4 is 9.62 Å². The van der Waals surface area contributed by atoms with Crippen LogP contribution in [0.1, 0.15) is 39.2 Å². The Hall–Kier alpha value is -2.36. The second kappa shape index (κ2) is 12.6. The topological polar surface area (TPSA) is 86.8 Å². The zero-order chi connectivity index (χ0) is 26.3. The van der Waals surface area contributed by atoms with Crippen molar-refractivity contribution >= 4 is 50.7 Å². The maximum Gasteiger partial charge on any atom is 0.242 e. The van der Waals surface area contributed by atoms with Crippen LogP contribution in [-0.2, 0) is 26.2 Å². The minimum absolute atomic E-state index is 0.0601. The average Bonchev–Trinajstić information content (AvgIpc) is 2.75. The Morgan fingerprint density at radius 2 is 1.74 bits per heavy atom. The third-order valence-electron chi connectivity index (χ3n) is 5.23. The molecule has 1 atom stereocenters. The highest BCUT2D eigenvalue weighted by Crippen LogP contribution is 2.25. The van der Waals surface area contributed by atoms with Crippen LogP contribution in [0, 0.1) is 5.82 Å². The van der Waals surface area contributed by atoms with Gasteiger partial charge in [0.1, 0.15) is 11.9 Å². The highest BCUT2D eigenvalue weighted by molar-refractivity contribution is 7.92. The first-order chi connectivity index (χ1) is 16.3. The number of hydrogen-bond donors (Lipinski definition) is 1. The number of para-hydroxylation sites is 1. The Morgan fingerprint density at radius 1 is 1.09 bits per heavy atom. The number of amides is 2. The van der Waals surface area contributed by atoms with Crippen LogP contribution in [-0.4, -0.2) is 50.0 Å². The largest absolute Gasteiger partial charge is 0.352 e. The molecule has 0 aromatic heterocycles. The number of halogens is 3. The van der Waals surface area contributed by atoms with Gasteiger partial charge >= 0.3 is 0 Å². The number of benzene rings is 2. The van der Waals surface area contributed by atoms with E-state index in [0.29, 0.717) is 15.6 Å². The summed E-state index contributed by atoms with van der Waals surface area (Å²) in [4.78, 5) is 27.3. The lowest BCUT2D eigenvalue weighted by Crippen LogP contribution is -2.49. The molecule has 2 rings (SSSR count). The molecule has 0 fully saturated rings. The molecule has 35 heavy (non-hydrogen) atoms. The number of sulfonamides is 1. The van der Waals surface area contributed by atoms with Crippen molar-refractivity contribution in [3.63, 3.8) is 0 Å². The van der Waals surface area contributed by atoms with Crippen LogP contribution in [0.25, 0.3) is 0 Å². The van der Waals surface area contributed by atoms with E-state index in [1.807, 2.05) is 13.8 Å². The summed E-state index contributed by atoms with van der Waals surface area (Å²) < 4.78 is 39.8. The fourth-order valence-electron chi connectivity index (χ4n) is 3.46. The molecule has 0 aliphatic carbocycles. The van der Waals surface area contributed by atoms with Crippen molar-refractivity contribution in [3.8, 4) is 0 Å². The van der Waals surface area contributed by atoms with E-state index in [-0.39, 0.29) is 49.5 Å². The maximum absolute atomic E-state index is 14.2. The van der Waals surface area contributed by atoms with Gasteiger partial charge in [0, 0.05) is 35.6 Å². The van der Waals surface area contributed by atoms with Gasteiger partial charge in [0.25, 0.3) is 0 Å². The second-order valence-corrected chi connectivity index (χ2v) is 11.2. The summed E-state index contributed by atoms with van der Waals surface area (Å²) in [5.74, 6) is -1.38. The van der Waals surface area contributed by atoms with Crippen molar-refractivity contribution in [3.05, 3.63) is 63.9 Å². The smallest absolute Gasteiger partial charge is 0.242 e. The van der Waals surface area contributed by atoms with E-state index in [1.54, 1.807) is 25.1 Å². The molecule has 0 unspecified atom stereocenters. The van der Waals surface area contributed by atoms with Gasteiger partial charge in [-0.1, -0.05) is 41.4 Å². The third kappa shape index (κ3) is 8.37. The van der Waals surface area contributed by atoms with Gasteiger partial charge < -0.3 is 10.2 Å². The molecule has 1 N–H and O–H groups in total. The highest BCUT2D eigenvalue weighted by atomic mass is 35.5. The maximum atomic E-state index is 14.2. The minimum Gasteiger partial charge on any atom is -0.352 e. The fraction of sp³-hybridized carbons (Fsp3) is 0.417. The fourth-order valence-corrected chi connectivity index (χ4v) is 4.89. The second-order valence-electron chi connectivity index (χ2n) is 8.49. The molecule has 0 heterocycles. The summed E-state index contributed by atoms with van der Waals surface area (Å²) in [6.45, 7) is 5.20. The van der Waals surface area contributed by atoms with E-state index in [4.69, 9.17) is 23.2 Å². The molecular formula is C24H30Cl2FN3O4S. The quantitative estimate of drug-likeness (QED) is 0.446. The molecule has 0 spiro atoms. The molecule has 0 bridgehead atoms. The number of carbonyl (C=O) groups excluding carboxylic acids is 2. The lowest BCUT2D eigenvalue weighted by molar-refractivity contribution is -0.140. The number of nitrogens with zero attached hydrogens (tertiary/aromatic N) is 2. The van der Waals surface area contributed by atoms with Crippen LogP contribution in [0.4, 0.5) is 10.1 Å². The highest BCUT2D eigenvalue weighted by Gasteiger charge is 2.28. The normalized spacial score (nSPS) is 12.3. The van der Waals surface area contributed by atoms with Gasteiger partial charge in [-0.25, -0.2) is 12.8 Å². The van der Waals surface area contributed by atoms with E-state index < -0.39 is 21.9 Å². The average molecular weight is 546 g/mol. The molecule has 0 saturated carbocycles. The number of nitrogens with one attached hydrogen (secondary N) is 1. The van der Waals surface area contributed by atoms with E-state index in [1.165, 1.54) is 29.2 Å². The van der Waals surface area contributed by atoms with Gasteiger partial charge in [-0.3, -0.25) is 13.9 Å². The van der Waals surface area contributed by atoms with Crippen molar-refractivity contribution in [2.75, 3.05) is 17.1 Å². The first-order valence-electron chi connectivity index (χ1n) is 11.1. The van der Waals surface area contributed by atoms with Gasteiger partial charge in [0.15, 0.2) is 0 Å². The molecule has 192 valence electrons. The molecule has 7 nitrogen and oxygen atoms in total. The summed E-state index contributed by atoms with van der Waals surface area (Å²) in [6.07, 6.45) is 1.03. The van der Waals surface area contributed by atoms with E-state index in [0.717, 1.165) is 10.6 Å². The van der Waals surface area contributed by atoms with Crippen LogP contribution in [0.5, 0.6) is 0 Å². The zero-order valence-electron chi connectivity index (χ0n) is 20.1. The van der Waals surface area contributed by atoms with Crippen LogP contribution in [0.2, 0.25) is 10.0 Å². The van der Waals surface area contributed by atoms with Crippen molar-refractivity contribution < 1.29 is 22.4 Å².